The molecule has 0 atom stereocenters. The molecule has 0 saturated carbocycles. The van der Waals surface area contributed by atoms with Gasteiger partial charge in [-0.15, -0.1) is 0 Å². The van der Waals surface area contributed by atoms with Gasteiger partial charge in [-0.3, -0.25) is 0 Å². The average molecular weight is 330 g/mol. The summed E-state index contributed by atoms with van der Waals surface area (Å²) in [6.45, 7) is -0.0275. The molecule has 0 unspecified atom stereocenters. The van der Waals surface area contributed by atoms with Crippen LogP contribution in [-0.4, -0.2) is 32.1 Å². The van der Waals surface area contributed by atoms with E-state index in [0.29, 0.717) is 17.9 Å². The first-order chi connectivity index (χ1) is 8.42. The molecule has 0 aliphatic heterocycles. The zero-order valence-electron chi connectivity index (χ0n) is 9.61. The van der Waals surface area contributed by atoms with Gasteiger partial charge in [-0.2, -0.15) is 11.8 Å². The second-order valence-electron chi connectivity index (χ2n) is 3.42. The van der Waals surface area contributed by atoms with Crippen molar-refractivity contribution in [1.82, 2.24) is 4.72 Å². The fourth-order valence-corrected chi connectivity index (χ4v) is 3.58. The molecule has 0 saturated heterocycles. The lowest BCUT2D eigenvalue weighted by Crippen LogP contribution is -2.26. The first-order valence-corrected chi connectivity index (χ1v) is 8.63. The molecule has 0 amide bonds. The molecule has 0 bridgehead atoms. The Bertz CT molecular complexity index is 520. The van der Waals surface area contributed by atoms with E-state index in [1.807, 2.05) is 6.26 Å². The Morgan fingerprint density at radius 2 is 2.00 bits per heavy atom. The summed E-state index contributed by atoms with van der Waals surface area (Å²) in [6.07, 6.45) is 1.88. The van der Waals surface area contributed by atoms with Gasteiger partial charge in [0.15, 0.2) is 0 Å². The third-order valence-corrected chi connectivity index (χ3v) is 5.05. The van der Waals surface area contributed by atoms with Crippen LogP contribution in [0.25, 0.3) is 0 Å². The lowest BCUT2D eigenvalue weighted by atomic mass is 10.2. The lowest BCUT2D eigenvalue weighted by molar-refractivity contribution is 0.281. The molecule has 4 nitrogen and oxygen atoms in total. The summed E-state index contributed by atoms with van der Waals surface area (Å²) in [5.41, 5.74) is 0.325. The maximum atomic E-state index is 12.0. The topological polar surface area (TPSA) is 66.4 Å². The van der Waals surface area contributed by atoms with Crippen LogP contribution in [0.2, 0.25) is 10.0 Å². The molecular weight excluding hydrogens is 317 g/mol. The van der Waals surface area contributed by atoms with Crippen LogP contribution >= 0.6 is 35.0 Å². The first kappa shape index (κ1) is 16.1. The van der Waals surface area contributed by atoms with Gasteiger partial charge in [-0.1, -0.05) is 23.2 Å². The number of thioether (sulfide) groups is 1. The molecule has 0 spiro atoms. The molecule has 0 heterocycles. The Morgan fingerprint density at radius 3 is 2.56 bits per heavy atom. The monoisotopic (exact) mass is 329 g/mol. The number of rotatable bonds is 6. The van der Waals surface area contributed by atoms with Crippen molar-refractivity contribution >= 4 is 45.0 Å². The zero-order valence-corrected chi connectivity index (χ0v) is 12.8. The molecule has 18 heavy (non-hydrogen) atoms. The Hall–Kier alpha value is 0.0200. The number of hydrogen-bond acceptors (Lipinski definition) is 4. The number of halogens is 2. The summed E-state index contributed by atoms with van der Waals surface area (Å²) in [6, 6.07) is 2.60. The number of sulfonamides is 1. The minimum Gasteiger partial charge on any atom is -0.392 e. The number of hydrogen-bond donors (Lipinski definition) is 2. The van der Waals surface area contributed by atoms with Gasteiger partial charge >= 0.3 is 0 Å². The van der Waals surface area contributed by atoms with Crippen molar-refractivity contribution in [1.29, 1.82) is 0 Å². The largest absolute Gasteiger partial charge is 0.392 e. The van der Waals surface area contributed by atoms with E-state index in [-0.39, 0.29) is 21.5 Å². The van der Waals surface area contributed by atoms with Crippen molar-refractivity contribution in [2.24, 2.45) is 0 Å². The predicted octanol–water partition coefficient (Wildman–Crippen LogP) is 2.13. The van der Waals surface area contributed by atoms with Crippen LogP contribution in [-0.2, 0) is 16.6 Å². The summed E-state index contributed by atoms with van der Waals surface area (Å²) in [5.74, 6) is 0.664. The van der Waals surface area contributed by atoms with E-state index in [1.165, 1.54) is 23.9 Å². The number of nitrogens with one attached hydrogen (secondary N) is 1. The van der Waals surface area contributed by atoms with Crippen LogP contribution in [0.5, 0.6) is 0 Å². The van der Waals surface area contributed by atoms with Crippen molar-refractivity contribution in [3.8, 4) is 0 Å². The molecule has 1 aromatic rings. The fourth-order valence-electron chi connectivity index (χ4n) is 1.25. The van der Waals surface area contributed by atoms with E-state index in [9.17, 15) is 8.42 Å². The van der Waals surface area contributed by atoms with Gasteiger partial charge in [-0.25, -0.2) is 13.1 Å². The number of aliphatic hydroxyl groups excluding tert-OH is 1. The van der Waals surface area contributed by atoms with Crippen molar-refractivity contribution in [2.45, 2.75) is 11.5 Å². The molecule has 0 aliphatic carbocycles. The second-order valence-corrected chi connectivity index (χ2v) is 6.96. The maximum absolute atomic E-state index is 12.0. The molecule has 1 aromatic carbocycles. The highest BCUT2D eigenvalue weighted by Gasteiger charge is 2.19. The van der Waals surface area contributed by atoms with E-state index >= 15 is 0 Å². The van der Waals surface area contributed by atoms with E-state index in [2.05, 4.69) is 4.72 Å². The van der Waals surface area contributed by atoms with Crippen molar-refractivity contribution in [3.05, 3.63) is 27.7 Å². The Labute approximate surface area is 121 Å². The Kier molecular flexibility index (Phi) is 6.23. The molecule has 0 aromatic heterocycles. The highest BCUT2D eigenvalue weighted by Crippen LogP contribution is 2.28. The van der Waals surface area contributed by atoms with Crippen LogP contribution in [0.15, 0.2) is 17.0 Å². The molecule has 102 valence electrons. The quantitative estimate of drug-likeness (QED) is 0.784. The summed E-state index contributed by atoms with van der Waals surface area (Å²) in [4.78, 5) is -0.0706. The Balaban J connectivity index is 3.08. The normalized spacial score (nSPS) is 11.8. The number of benzene rings is 1. The van der Waals surface area contributed by atoms with Crippen LogP contribution in [0.1, 0.15) is 5.56 Å². The summed E-state index contributed by atoms with van der Waals surface area (Å²) in [5, 5.41) is 9.34. The highest BCUT2D eigenvalue weighted by molar-refractivity contribution is 7.98. The third-order valence-electron chi connectivity index (χ3n) is 2.16. The summed E-state index contributed by atoms with van der Waals surface area (Å²) in [7, 11) is -3.68. The molecule has 0 radical (unpaired) electrons. The summed E-state index contributed by atoms with van der Waals surface area (Å²) >= 11 is 13.2. The van der Waals surface area contributed by atoms with Crippen molar-refractivity contribution in [2.75, 3.05) is 18.6 Å². The summed E-state index contributed by atoms with van der Waals surface area (Å²) < 4.78 is 26.4. The van der Waals surface area contributed by atoms with Crippen LogP contribution in [0.4, 0.5) is 0 Å². The van der Waals surface area contributed by atoms with E-state index in [0.717, 1.165) is 0 Å². The molecule has 0 fully saturated rings. The van der Waals surface area contributed by atoms with Crippen LogP contribution < -0.4 is 4.72 Å². The van der Waals surface area contributed by atoms with E-state index < -0.39 is 10.0 Å². The fraction of sp³-hybridized carbons (Fsp3) is 0.400. The SMILES string of the molecule is CSCCNS(=O)(=O)c1cc(CO)c(Cl)cc1Cl. The zero-order chi connectivity index (χ0) is 13.8. The van der Waals surface area contributed by atoms with E-state index in [4.69, 9.17) is 28.3 Å². The first-order valence-electron chi connectivity index (χ1n) is 4.99. The van der Waals surface area contributed by atoms with Crippen LogP contribution in [0, 0.1) is 0 Å². The van der Waals surface area contributed by atoms with Gasteiger partial charge < -0.3 is 5.11 Å². The standard InChI is InChI=1S/C10H13Cl2NO3S2/c1-17-3-2-13-18(15,16)10-4-7(6-14)8(11)5-9(10)12/h4-5,13-14H,2-3,6H2,1H3. The molecule has 0 aliphatic rings. The van der Waals surface area contributed by atoms with Gasteiger partial charge in [0.25, 0.3) is 0 Å². The second kappa shape index (κ2) is 6.98. The Morgan fingerprint density at radius 1 is 1.33 bits per heavy atom. The molecule has 2 N–H and O–H groups in total. The van der Waals surface area contributed by atoms with Crippen LogP contribution in [0.3, 0.4) is 0 Å². The van der Waals surface area contributed by atoms with E-state index in [1.54, 1.807) is 0 Å². The van der Waals surface area contributed by atoms with Crippen molar-refractivity contribution < 1.29 is 13.5 Å². The molecule has 8 heteroatoms. The smallest absolute Gasteiger partial charge is 0.242 e. The minimum absolute atomic E-state index is 0.0360. The lowest BCUT2D eigenvalue weighted by Gasteiger charge is -2.10. The van der Waals surface area contributed by atoms with Gasteiger partial charge in [0.05, 0.1) is 11.6 Å². The average Bonchev–Trinajstić information content (AvgIpc) is 2.29. The predicted molar refractivity (Wildman–Crippen MR) is 76.0 cm³/mol. The van der Waals surface area contributed by atoms with Gasteiger partial charge in [0.1, 0.15) is 4.90 Å². The molecular formula is C10H13Cl2NO3S2. The van der Waals surface area contributed by atoms with Gasteiger partial charge in [0.2, 0.25) is 10.0 Å². The minimum atomic E-state index is -3.68. The highest BCUT2D eigenvalue weighted by atomic mass is 35.5. The third kappa shape index (κ3) is 4.01. The van der Waals surface area contributed by atoms with Gasteiger partial charge in [0, 0.05) is 17.3 Å². The van der Waals surface area contributed by atoms with Gasteiger partial charge in [-0.05, 0) is 24.0 Å². The molecule has 1 rings (SSSR count). The van der Waals surface area contributed by atoms with Crippen molar-refractivity contribution in [3.63, 3.8) is 0 Å². The number of aliphatic hydroxyl groups is 1. The maximum Gasteiger partial charge on any atom is 0.242 e.